The van der Waals surface area contributed by atoms with Gasteiger partial charge in [0.25, 0.3) is 0 Å². The van der Waals surface area contributed by atoms with E-state index in [1.807, 2.05) is 0 Å². The number of carboxylic acid groups (broad SMARTS) is 1. The first-order chi connectivity index (χ1) is 7.49. The lowest BCUT2D eigenvalue weighted by Gasteiger charge is -2.42. The van der Waals surface area contributed by atoms with Gasteiger partial charge in [-0.05, 0) is 19.3 Å². The number of carbonyl (C=O) groups excluding carboxylic acids is 1. The van der Waals surface area contributed by atoms with Gasteiger partial charge in [0.2, 0.25) is 5.91 Å². The predicted molar refractivity (Wildman–Crippen MR) is 58.0 cm³/mol. The smallest absolute Gasteiger partial charge is 0.305 e. The second-order valence-corrected chi connectivity index (χ2v) is 4.55. The molecule has 1 aliphatic rings. The first-order valence-corrected chi connectivity index (χ1v) is 5.52. The van der Waals surface area contributed by atoms with Crippen molar-refractivity contribution in [2.75, 3.05) is 13.7 Å². The van der Waals surface area contributed by atoms with E-state index in [1.54, 1.807) is 14.0 Å². The Balaban J connectivity index is 2.49. The summed E-state index contributed by atoms with van der Waals surface area (Å²) >= 11 is 0. The number of ether oxygens (including phenoxy) is 1. The minimum absolute atomic E-state index is 0.0123. The summed E-state index contributed by atoms with van der Waals surface area (Å²) in [5, 5.41) is 11.6. The molecule has 0 saturated heterocycles. The highest BCUT2D eigenvalue weighted by atomic mass is 16.5. The van der Waals surface area contributed by atoms with E-state index >= 15 is 0 Å². The average molecular weight is 229 g/mol. The maximum Gasteiger partial charge on any atom is 0.305 e. The van der Waals surface area contributed by atoms with Crippen LogP contribution in [0.4, 0.5) is 0 Å². The zero-order valence-electron chi connectivity index (χ0n) is 9.78. The molecule has 5 nitrogen and oxygen atoms in total. The molecule has 1 rings (SSSR count). The lowest BCUT2D eigenvalue weighted by atomic mass is 9.74. The second-order valence-electron chi connectivity index (χ2n) is 4.55. The standard InChI is InChI=1S/C11H19NO4/c1-8(7-16-2)10(15)12-11(4-3-5-11)6-9(13)14/h8H,3-7H2,1-2H3,(H,12,15)(H,13,14). The molecule has 0 aliphatic heterocycles. The van der Waals surface area contributed by atoms with E-state index in [1.165, 1.54) is 0 Å². The van der Waals surface area contributed by atoms with E-state index < -0.39 is 11.5 Å². The fourth-order valence-electron chi connectivity index (χ4n) is 1.95. The first-order valence-electron chi connectivity index (χ1n) is 5.52. The molecule has 1 unspecified atom stereocenters. The molecule has 0 heterocycles. The van der Waals surface area contributed by atoms with Gasteiger partial charge >= 0.3 is 5.97 Å². The summed E-state index contributed by atoms with van der Waals surface area (Å²) in [5.74, 6) is -1.22. The second kappa shape index (κ2) is 5.30. The van der Waals surface area contributed by atoms with Gasteiger partial charge in [0.15, 0.2) is 0 Å². The third-order valence-corrected chi connectivity index (χ3v) is 3.05. The van der Waals surface area contributed by atoms with Gasteiger partial charge < -0.3 is 15.2 Å². The number of methoxy groups -OCH3 is 1. The van der Waals surface area contributed by atoms with Crippen molar-refractivity contribution in [1.82, 2.24) is 5.32 Å². The number of aliphatic carboxylic acids is 1. The summed E-state index contributed by atoms with van der Waals surface area (Å²) in [4.78, 5) is 22.4. The van der Waals surface area contributed by atoms with Crippen LogP contribution >= 0.6 is 0 Å². The third kappa shape index (κ3) is 3.20. The molecular formula is C11H19NO4. The number of hydrogen-bond donors (Lipinski definition) is 2. The van der Waals surface area contributed by atoms with Crippen LogP contribution in [0.5, 0.6) is 0 Å². The quantitative estimate of drug-likeness (QED) is 0.705. The number of amides is 1. The lowest BCUT2D eigenvalue weighted by Crippen LogP contribution is -2.56. The first kappa shape index (κ1) is 13.0. The molecule has 0 aromatic heterocycles. The molecule has 1 fully saturated rings. The Labute approximate surface area is 95.2 Å². The maximum absolute atomic E-state index is 11.7. The van der Waals surface area contributed by atoms with Crippen LogP contribution in [-0.2, 0) is 14.3 Å². The van der Waals surface area contributed by atoms with Gasteiger partial charge in [-0.15, -0.1) is 0 Å². The van der Waals surface area contributed by atoms with Crippen molar-refractivity contribution in [2.45, 2.75) is 38.1 Å². The average Bonchev–Trinajstić information content (AvgIpc) is 2.13. The van der Waals surface area contributed by atoms with Crippen LogP contribution < -0.4 is 5.32 Å². The molecule has 0 radical (unpaired) electrons. The molecule has 92 valence electrons. The van der Waals surface area contributed by atoms with Crippen LogP contribution in [0.3, 0.4) is 0 Å². The normalized spacial score (nSPS) is 19.6. The third-order valence-electron chi connectivity index (χ3n) is 3.05. The summed E-state index contributed by atoms with van der Waals surface area (Å²) in [5.41, 5.74) is -0.509. The molecule has 0 bridgehead atoms. The summed E-state index contributed by atoms with van der Waals surface area (Å²) in [6.07, 6.45) is 2.50. The minimum Gasteiger partial charge on any atom is -0.481 e. The largest absolute Gasteiger partial charge is 0.481 e. The topological polar surface area (TPSA) is 75.6 Å². The molecular weight excluding hydrogens is 210 g/mol. The Morgan fingerprint density at radius 1 is 1.50 bits per heavy atom. The van der Waals surface area contributed by atoms with Crippen LogP contribution in [0, 0.1) is 5.92 Å². The molecule has 1 aliphatic carbocycles. The van der Waals surface area contributed by atoms with Gasteiger partial charge in [0, 0.05) is 7.11 Å². The van der Waals surface area contributed by atoms with E-state index in [2.05, 4.69) is 5.32 Å². The van der Waals surface area contributed by atoms with Crippen LogP contribution in [0.25, 0.3) is 0 Å². The Bertz CT molecular complexity index is 273. The summed E-state index contributed by atoms with van der Waals surface area (Å²) in [6, 6.07) is 0. The van der Waals surface area contributed by atoms with E-state index in [0.29, 0.717) is 6.61 Å². The zero-order chi connectivity index (χ0) is 12.2. The van der Waals surface area contributed by atoms with Crippen LogP contribution in [-0.4, -0.2) is 36.2 Å². The molecule has 1 atom stereocenters. The fraction of sp³-hybridized carbons (Fsp3) is 0.818. The van der Waals surface area contributed by atoms with E-state index in [4.69, 9.17) is 9.84 Å². The molecule has 0 aromatic rings. The van der Waals surface area contributed by atoms with Gasteiger partial charge in [-0.25, -0.2) is 0 Å². The van der Waals surface area contributed by atoms with Crippen LogP contribution in [0.2, 0.25) is 0 Å². The Kier molecular flexibility index (Phi) is 4.29. The van der Waals surface area contributed by atoms with Gasteiger partial charge in [0.1, 0.15) is 0 Å². The minimum atomic E-state index is -0.862. The number of hydrogen-bond acceptors (Lipinski definition) is 3. The Morgan fingerprint density at radius 3 is 2.50 bits per heavy atom. The molecule has 5 heteroatoms. The van der Waals surface area contributed by atoms with E-state index in [-0.39, 0.29) is 18.2 Å². The Hall–Kier alpha value is -1.10. The van der Waals surface area contributed by atoms with Gasteiger partial charge in [-0.2, -0.15) is 0 Å². The summed E-state index contributed by atoms with van der Waals surface area (Å²) in [7, 11) is 1.54. The maximum atomic E-state index is 11.7. The summed E-state index contributed by atoms with van der Waals surface area (Å²) < 4.78 is 4.89. The number of carboxylic acids is 1. The lowest BCUT2D eigenvalue weighted by molar-refractivity contribution is -0.141. The molecule has 0 spiro atoms. The van der Waals surface area contributed by atoms with Crippen molar-refractivity contribution in [3.8, 4) is 0 Å². The van der Waals surface area contributed by atoms with Crippen molar-refractivity contribution in [3.05, 3.63) is 0 Å². The van der Waals surface area contributed by atoms with Crippen molar-refractivity contribution in [2.24, 2.45) is 5.92 Å². The molecule has 0 aromatic carbocycles. The molecule has 1 saturated carbocycles. The highest BCUT2D eigenvalue weighted by Gasteiger charge is 2.40. The van der Waals surface area contributed by atoms with Crippen molar-refractivity contribution < 1.29 is 19.4 Å². The van der Waals surface area contributed by atoms with Gasteiger partial charge in [-0.3, -0.25) is 9.59 Å². The number of rotatable bonds is 6. The summed E-state index contributed by atoms with van der Waals surface area (Å²) in [6.45, 7) is 2.13. The van der Waals surface area contributed by atoms with Crippen molar-refractivity contribution >= 4 is 11.9 Å². The fourth-order valence-corrected chi connectivity index (χ4v) is 1.95. The zero-order valence-corrected chi connectivity index (χ0v) is 9.78. The van der Waals surface area contributed by atoms with Crippen molar-refractivity contribution in [3.63, 3.8) is 0 Å². The number of carbonyl (C=O) groups is 2. The predicted octanol–water partition coefficient (Wildman–Crippen LogP) is 0.782. The molecule has 16 heavy (non-hydrogen) atoms. The van der Waals surface area contributed by atoms with Gasteiger partial charge in [-0.1, -0.05) is 6.92 Å². The van der Waals surface area contributed by atoms with Crippen molar-refractivity contribution in [1.29, 1.82) is 0 Å². The highest BCUT2D eigenvalue weighted by Crippen LogP contribution is 2.35. The molecule has 1 amide bonds. The van der Waals surface area contributed by atoms with E-state index in [0.717, 1.165) is 19.3 Å². The van der Waals surface area contributed by atoms with Gasteiger partial charge in [0.05, 0.1) is 24.5 Å². The SMILES string of the molecule is COCC(C)C(=O)NC1(CC(=O)O)CCC1. The molecule has 2 N–H and O–H groups in total. The Morgan fingerprint density at radius 2 is 2.12 bits per heavy atom. The van der Waals surface area contributed by atoms with E-state index in [9.17, 15) is 9.59 Å². The number of nitrogens with one attached hydrogen (secondary N) is 1. The highest BCUT2D eigenvalue weighted by molar-refractivity contribution is 5.80. The van der Waals surface area contributed by atoms with Crippen LogP contribution in [0.15, 0.2) is 0 Å². The van der Waals surface area contributed by atoms with Crippen LogP contribution in [0.1, 0.15) is 32.6 Å². The monoisotopic (exact) mass is 229 g/mol.